The van der Waals surface area contributed by atoms with Crippen LogP contribution in [0, 0.1) is 0 Å². The SMILES string of the molecule is CCC(=O)Nc1ccc(N(CC(Cl)(Cl)Cl)C(=O)O)cc1. The van der Waals surface area contributed by atoms with Crippen LogP contribution < -0.4 is 10.2 Å². The van der Waals surface area contributed by atoms with Gasteiger partial charge in [-0.25, -0.2) is 4.79 Å². The van der Waals surface area contributed by atoms with E-state index < -0.39 is 9.89 Å². The van der Waals surface area contributed by atoms with Gasteiger partial charge in [-0.1, -0.05) is 41.7 Å². The van der Waals surface area contributed by atoms with Crippen molar-refractivity contribution in [1.82, 2.24) is 0 Å². The Kier molecular flexibility index (Phi) is 5.92. The van der Waals surface area contributed by atoms with Crippen LogP contribution in [0.3, 0.4) is 0 Å². The van der Waals surface area contributed by atoms with Crippen molar-refractivity contribution in [2.45, 2.75) is 17.1 Å². The van der Waals surface area contributed by atoms with Crippen LogP contribution in [0.15, 0.2) is 24.3 Å². The van der Waals surface area contributed by atoms with Gasteiger partial charge in [0.1, 0.15) is 0 Å². The van der Waals surface area contributed by atoms with Gasteiger partial charge in [0.2, 0.25) is 9.70 Å². The second-order valence-corrected chi connectivity index (χ2v) is 6.45. The lowest BCUT2D eigenvalue weighted by Gasteiger charge is -2.23. The number of hydrogen-bond donors (Lipinski definition) is 2. The summed E-state index contributed by atoms with van der Waals surface area (Å²) in [5.41, 5.74) is 0.915. The van der Waals surface area contributed by atoms with E-state index in [0.29, 0.717) is 17.8 Å². The zero-order valence-corrected chi connectivity index (χ0v) is 12.8. The first kappa shape index (κ1) is 16.9. The topological polar surface area (TPSA) is 69.6 Å². The Morgan fingerprint density at radius 3 is 2.20 bits per heavy atom. The van der Waals surface area contributed by atoms with Crippen molar-refractivity contribution in [1.29, 1.82) is 0 Å². The van der Waals surface area contributed by atoms with Gasteiger partial charge in [-0.2, -0.15) is 0 Å². The number of carbonyl (C=O) groups is 2. The third-order valence-corrected chi connectivity index (χ3v) is 2.71. The van der Waals surface area contributed by atoms with Crippen molar-refractivity contribution >= 4 is 58.2 Å². The molecule has 8 heteroatoms. The third kappa shape index (κ3) is 5.45. The van der Waals surface area contributed by atoms with Crippen molar-refractivity contribution in [3.63, 3.8) is 0 Å². The van der Waals surface area contributed by atoms with E-state index in [-0.39, 0.29) is 12.5 Å². The zero-order valence-electron chi connectivity index (χ0n) is 10.6. The largest absolute Gasteiger partial charge is 0.465 e. The Morgan fingerprint density at radius 2 is 1.80 bits per heavy atom. The summed E-state index contributed by atoms with van der Waals surface area (Å²) < 4.78 is -1.71. The molecule has 0 bridgehead atoms. The Hall–Kier alpha value is -1.17. The number of carbonyl (C=O) groups excluding carboxylic acids is 1. The highest BCUT2D eigenvalue weighted by Crippen LogP contribution is 2.29. The normalized spacial score (nSPS) is 11.0. The van der Waals surface area contributed by atoms with Crippen LogP contribution in [0.5, 0.6) is 0 Å². The van der Waals surface area contributed by atoms with Crippen LogP contribution in [0.2, 0.25) is 0 Å². The Balaban J connectivity index is 2.88. The number of nitrogens with zero attached hydrogens (tertiary/aromatic N) is 1. The Morgan fingerprint density at radius 1 is 1.25 bits per heavy atom. The Bertz CT molecular complexity index is 486. The molecule has 0 unspecified atom stereocenters. The predicted octanol–water partition coefficient (Wildman–Crippen LogP) is 3.89. The van der Waals surface area contributed by atoms with Gasteiger partial charge >= 0.3 is 6.09 Å². The minimum absolute atomic E-state index is 0.130. The number of nitrogens with one attached hydrogen (secondary N) is 1. The van der Waals surface area contributed by atoms with E-state index in [1.807, 2.05) is 0 Å². The molecule has 1 rings (SSSR count). The minimum atomic E-state index is -1.71. The predicted molar refractivity (Wildman–Crippen MR) is 81.0 cm³/mol. The number of amides is 2. The molecule has 0 atom stereocenters. The molecule has 0 saturated carbocycles. The molecule has 0 aliphatic carbocycles. The highest BCUT2D eigenvalue weighted by Gasteiger charge is 2.27. The number of anilines is 2. The van der Waals surface area contributed by atoms with E-state index in [1.165, 1.54) is 12.1 Å². The summed E-state index contributed by atoms with van der Waals surface area (Å²) in [5, 5.41) is 11.8. The molecule has 0 aliphatic rings. The van der Waals surface area contributed by atoms with Gasteiger partial charge in [0.15, 0.2) is 0 Å². The summed E-state index contributed by atoms with van der Waals surface area (Å²) in [6.45, 7) is 1.44. The maximum absolute atomic E-state index is 11.2. The lowest BCUT2D eigenvalue weighted by Crippen LogP contribution is -2.36. The number of rotatable bonds is 4. The molecule has 2 N–H and O–H groups in total. The van der Waals surface area contributed by atoms with Gasteiger partial charge in [0.05, 0.1) is 6.54 Å². The van der Waals surface area contributed by atoms with E-state index in [2.05, 4.69) is 5.32 Å². The van der Waals surface area contributed by atoms with Crippen molar-refractivity contribution in [2.24, 2.45) is 0 Å². The highest BCUT2D eigenvalue weighted by atomic mass is 35.6. The molecule has 0 aliphatic heterocycles. The standard InChI is InChI=1S/C12H13Cl3N2O3/c1-2-10(18)16-8-3-5-9(6-4-8)17(11(19)20)7-12(13,14)15/h3-6H,2,7H2,1H3,(H,16,18)(H,19,20). The monoisotopic (exact) mass is 338 g/mol. The van der Waals surface area contributed by atoms with Gasteiger partial charge in [-0.05, 0) is 24.3 Å². The van der Waals surface area contributed by atoms with Crippen LogP contribution in [0.25, 0.3) is 0 Å². The van der Waals surface area contributed by atoms with Crippen molar-refractivity contribution in [2.75, 3.05) is 16.8 Å². The number of benzene rings is 1. The summed E-state index contributed by atoms with van der Waals surface area (Å²) in [5.74, 6) is -0.130. The first-order chi connectivity index (χ1) is 9.23. The van der Waals surface area contributed by atoms with E-state index >= 15 is 0 Å². The van der Waals surface area contributed by atoms with Crippen LogP contribution in [0.1, 0.15) is 13.3 Å². The van der Waals surface area contributed by atoms with E-state index in [4.69, 9.17) is 39.9 Å². The maximum atomic E-state index is 11.2. The fraction of sp³-hybridized carbons (Fsp3) is 0.333. The zero-order chi connectivity index (χ0) is 15.3. The average Bonchev–Trinajstić information content (AvgIpc) is 2.35. The summed E-state index contributed by atoms with van der Waals surface area (Å²) in [6.07, 6.45) is -0.877. The van der Waals surface area contributed by atoms with Crippen LogP contribution in [0.4, 0.5) is 16.2 Å². The fourth-order valence-corrected chi connectivity index (χ4v) is 1.78. The van der Waals surface area contributed by atoms with Gasteiger partial charge in [-0.15, -0.1) is 0 Å². The van der Waals surface area contributed by atoms with Crippen LogP contribution >= 0.6 is 34.8 Å². The second-order valence-electron chi connectivity index (χ2n) is 3.93. The molecule has 0 saturated heterocycles. The maximum Gasteiger partial charge on any atom is 0.411 e. The summed E-state index contributed by atoms with van der Waals surface area (Å²) in [7, 11) is 0. The number of carboxylic acid groups (broad SMARTS) is 1. The molecule has 2 amide bonds. The molecule has 0 heterocycles. The first-order valence-corrected chi connectivity index (χ1v) is 6.83. The molecule has 0 radical (unpaired) electrons. The van der Waals surface area contributed by atoms with E-state index in [9.17, 15) is 9.59 Å². The molecule has 0 aromatic heterocycles. The van der Waals surface area contributed by atoms with Crippen molar-refractivity contribution in [3.8, 4) is 0 Å². The second kappa shape index (κ2) is 7.02. The molecule has 1 aromatic carbocycles. The molecule has 0 fully saturated rings. The molecule has 110 valence electrons. The number of alkyl halides is 3. The van der Waals surface area contributed by atoms with E-state index in [1.54, 1.807) is 19.1 Å². The lowest BCUT2D eigenvalue weighted by molar-refractivity contribution is -0.115. The third-order valence-electron chi connectivity index (χ3n) is 2.35. The van der Waals surface area contributed by atoms with E-state index in [0.717, 1.165) is 4.90 Å². The molecule has 5 nitrogen and oxygen atoms in total. The summed E-state index contributed by atoms with van der Waals surface area (Å²) in [4.78, 5) is 23.3. The van der Waals surface area contributed by atoms with Gasteiger partial charge in [0, 0.05) is 17.8 Å². The number of halogens is 3. The van der Waals surface area contributed by atoms with Gasteiger partial charge < -0.3 is 10.4 Å². The summed E-state index contributed by atoms with van der Waals surface area (Å²) in [6, 6.07) is 6.21. The van der Waals surface area contributed by atoms with Crippen LogP contribution in [-0.2, 0) is 4.79 Å². The lowest BCUT2D eigenvalue weighted by atomic mass is 10.2. The van der Waals surface area contributed by atoms with Crippen molar-refractivity contribution < 1.29 is 14.7 Å². The number of hydrogen-bond acceptors (Lipinski definition) is 2. The Labute approximate surface area is 131 Å². The molecular weight excluding hydrogens is 327 g/mol. The quantitative estimate of drug-likeness (QED) is 0.818. The average molecular weight is 340 g/mol. The molecule has 20 heavy (non-hydrogen) atoms. The first-order valence-electron chi connectivity index (χ1n) is 5.70. The smallest absolute Gasteiger partial charge is 0.411 e. The highest BCUT2D eigenvalue weighted by molar-refractivity contribution is 6.68. The van der Waals surface area contributed by atoms with Gasteiger partial charge in [0.25, 0.3) is 0 Å². The minimum Gasteiger partial charge on any atom is -0.465 e. The fourth-order valence-electron chi connectivity index (χ4n) is 1.42. The molecule has 1 aromatic rings. The van der Waals surface area contributed by atoms with Gasteiger partial charge in [-0.3, -0.25) is 9.69 Å². The molecular formula is C12H13Cl3N2O3. The molecule has 0 spiro atoms. The van der Waals surface area contributed by atoms with Crippen LogP contribution in [-0.4, -0.2) is 27.4 Å². The van der Waals surface area contributed by atoms with Crippen molar-refractivity contribution in [3.05, 3.63) is 24.3 Å². The summed E-state index contributed by atoms with van der Waals surface area (Å²) >= 11 is 16.8.